The predicted molar refractivity (Wildman–Crippen MR) is 84.0 cm³/mol. The van der Waals surface area contributed by atoms with Crippen LogP contribution >= 0.6 is 0 Å². The van der Waals surface area contributed by atoms with Crippen molar-refractivity contribution in [3.05, 3.63) is 29.8 Å². The van der Waals surface area contributed by atoms with Crippen LogP contribution < -0.4 is 15.8 Å². The number of amides is 2. The molecular formula is C14H20N4O4S. The van der Waals surface area contributed by atoms with Crippen molar-refractivity contribution in [1.82, 2.24) is 15.5 Å². The Bertz CT molecular complexity index is 673. The second kappa shape index (κ2) is 7.53. The van der Waals surface area contributed by atoms with Gasteiger partial charge in [-0.1, -0.05) is 12.1 Å². The standard InChI is InChI=1S/C14H20N4O4S/c15-23(21,22)12-3-1-11(2-4-12)5-6-16-13(19)9-18-8-7-17-14(20)10-18/h1-4H,5-10H2,(H,16,19)(H,17,20)(H2,15,21,22). The van der Waals surface area contributed by atoms with E-state index in [-0.39, 0.29) is 29.8 Å². The molecule has 4 N–H and O–H groups in total. The molecule has 23 heavy (non-hydrogen) atoms. The SMILES string of the molecule is NS(=O)(=O)c1ccc(CCNC(=O)CN2CCNC(=O)C2)cc1. The summed E-state index contributed by atoms with van der Waals surface area (Å²) in [4.78, 5) is 24.9. The van der Waals surface area contributed by atoms with Crippen LogP contribution in [-0.4, -0.2) is 57.9 Å². The molecule has 1 heterocycles. The van der Waals surface area contributed by atoms with Gasteiger partial charge in [-0.05, 0) is 24.1 Å². The van der Waals surface area contributed by atoms with Gasteiger partial charge in [-0.2, -0.15) is 0 Å². The van der Waals surface area contributed by atoms with E-state index in [1.54, 1.807) is 17.0 Å². The number of rotatable bonds is 6. The highest BCUT2D eigenvalue weighted by atomic mass is 32.2. The molecule has 1 aliphatic heterocycles. The minimum Gasteiger partial charge on any atom is -0.355 e. The van der Waals surface area contributed by atoms with Gasteiger partial charge in [-0.3, -0.25) is 14.5 Å². The van der Waals surface area contributed by atoms with Gasteiger partial charge in [0.25, 0.3) is 0 Å². The monoisotopic (exact) mass is 340 g/mol. The van der Waals surface area contributed by atoms with Crippen LogP contribution in [-0.2, 0) is 26.0 Å². The van der Waals surface area contributed by atoms with Crippen LogP contribution in [0.15, 0.2) is 29.2 Å². The van der Waals surface area contributed by atoms with Gasteiger partial charge < -0.3 is 10.6 Å². The maximum absolute atomic E-state index is 11.8. The lowest BCUT2D eigenvalue weighted by atomic mass is 10.1. The van der Waals surface area contributed by atoms with Crippen molar-refractivity contribution in [1.29, 1.82) is 0 Å². The van der Waals surface area contributed by atoms with Crippen molar-refractivity contribution in [2.75, 3.05) is 32.7 Å². The summed E-state index contributed by atoms with van der Waals surface area (Å²) in [5.74, 6) is -0.208. The molecule has 0 saturated carbocycles. The molecule has 1 aromatic rings. The number of nitrogens with two attached hydrogens (primary N) is 1. The fourth-order valence-electron chi connectivity index (χ4n) is 2.28. The second-order valence-corrected chi connectivity index (χ2v) is 6.91. The lowest BCUT2D eigenvalue weighted by Crippen LogP contribution is -2.50. The minimum atomic E-state index is -3.68. The third kappa shape index (κ3) is 5.62. The summed E-state index contributed by atoms with van der Waals surface area (Å²) in [6, 6.07) is 6.22. The number of hydrogen-bond donors (Lipinski definition) is 3. The fraction of sp³-hybridized carbons (Fsp3) is 0.429. The molecule has 2 amide bonds. The average Bonchev–Trinajstić information content (AvgIpc) is 2.47. The first-order chi connectivity index (χ1) is 10.8. The van der Waals surface area contributed by atoms with E-state index in [2.05, 4.69) is 10.6 Å². The highest BCUT2D eigenvalue weighted by Gasteiger charge is 2.18. The van der Waals surface area contributed by atoms with Gasteiger partial charge in [0.15, 0.2) is 0 Å². The zero-order valence-corrected chi connectivity index (χ0v) is 13.4. The summed E-state index contributed by atoms with van der Waals surface area (Å²) >= 11 is 0. The molecule has 0 unspecified atom stereocenters. The lowest BCUT2D eigenvalue weighted by Gasteiger charge is -2.25. The maximum Gasteiger partial charge on any atom is 0.238 e. The Morgan fingerprint density at radius 2 is 2.00 bits per heavy atom. The summed E-state index contributed by atoms with van der Waals surface area (Å²) in [5.41, 5.74) is 0.898. The van der Waals surface area contributed by atoms with E-state index in [1.165, 1.54) is 12.1 Å². The zero-order chi connectivity index (χ0) is 16.9. The Morgan fingerprint density at radius 1 is 1.30 bits per heavy atom. The molecule has 0 atom stereocenters. The van der Waals surface area contributed by atoms with E-state index in [1.807, 2.05) is 0 Å². The number of benzene rings is 1. The number of nitrogens with one attached hydrogen (secondary N) is 2. The van der Waals surface area contributed by atoms with Crippen molar-refractivity contribution in [3.8, 4) is 0 Å². The van der Waals surface area contributed by atoms with Crippen molar-refractivity contribution < 1.29 is 18.0 Å². The molecule has 8 nitrogen and oxygen atoms in total. The van der Waals surface area contributed by atoms with Crippen LogP contribution in [0.25, 0.3) is 0 Å². The highest BCUT2D eigenvalue weighted by molar-refractivity contribution is 7.89. The smallest absolute Gasteiger partial charge is 0.238 e. The van der Waals surface area contributed by atoms with E-state index in [4.69, 9.17) is 5.14 Å². The molecule has 1 saturated heterocycles. The molecule has 9 heteroatoms. The first kappa shape index (κ1) is 17.4. The average molecular weight is 340 g/mol. The molecule has 2 rings (SSSR count). The van der Waals surface area contributed by atoms with Crippen molar-refractivity contribution in [2.45, 2.75) is 11.3 Å². The molecule has 1 aromatic carbocycles. The van der Waals surface area contributed by atoms with Crippen LogP contribution in [0.4, 0.5) is 0 Å². The van der Waals surface area contributed by atoms with E-state index in [9.17, 15) is 18.0 Å². The van der Waals surface area contributed by atoms with E-state index in [0.29, 0.717) is 26.1 Å². The Morgan fingerprint density at radius 3 is 2.61 bits per heavy atom. The second-order valence-electron chi connectivity index (χ2n) is 5.35. The molecule has 1 fully saturated rings. The van der Waals surface area contributed by atoms with E-state index < -0.39 is 10.0 Å². The van der Waals surface area contributed by atoms with Gasteiger partial charge in [0.1, 0.15) is 0 Å². The van der Waals surface area contributed by atoms with Gasteiger partial charge in [0, 0.05) is 19.6 Å². The molecule has 0 aromatic heterocycles. The zero-order valence-electron chi connectivity index (χ0n) is 12.6. The quantitative estimate of drug-likeness (QED) is 0.577. The Hall–Kier alpha value is -1.97. The van der Waals surface area contributed by atoms with Crippen LogP contribution in [0.3, 0.4) is 0 Å². The normalized spacial score (nSPS) is 16.0. The van der Waals surface area contributed by atoms with Crippen LogP contribution in [0.5, 0.6) is 0 Å². The largest absolute Gasteiger partial charge is 0.355 e. The number of carbonyl (C=O) groups is 2. The van der Waals surface area contributed by atoms with E-state index >= 15 is 0 Å². The molecule has 0 radical (unpaired) electrons. The van der Waals surface area contributed by atoms with Crippen LogP contribution in [0, 0.1) is 0 Å². The first-order valence-electron chi connectivity index (χ1n) is 7.22. The fourth-order valence-corrected chi connectivity index (χ4v) is 2.79. The number of sulfonamides is 1. The topological polar surface area (TPSA) is 122 Å². The molecule has 0 spiro atoms. The van der Waals surface area contributed by atoms with Gasteiger partial charge in [0.2, 0.25) is 21.8 Å². The minimum absolute atomic E-state index is 0.0636. The van der Waals surface area contributed by atoms with Crippen LogP contribution in [0.2, 0.25) is 0 Å². The van der Waals surface area contributed by atoms with Crippen LogP contribution in [0.1, 0.15) is 5.56 Å². The maximum atomic E-state index is 11.8. The number of hydrogen-bond acceptors (Lipinski definition) is 5. The van der Waals surface area contributed by atoms with Gasteiger partial charge >= 0.3 is 0 Å². The summed E-state index contributed by atoms with van der Waals surface area (Å²) in [7, 11) is -3.68. The summed E-state index contributed by atoms with van der Waals surface area (Å²) in [6.45, 7) is 2.09. The number of nitrogens with zero attached hydrogens (tertiary/aromatic N) is 1. The predicted octanol–water partition coefficient (Wildman–Crippen LogP) is -1.58. The molecule has 0 aliphatic carbocycles. The van der Waals surface area contributed by atoms with Gasteiger partial charge in [-0.15, -0.1) is 0 Å². The Kier molecular flexibility index (Phi) is 5.69. The summed E-state index contributed by atoms with van der Waals surface area (Å²) in [6.07, 6.45) is 0.580. The molecule has 126 valence electrons. The molecule has 0 bridgehead atoms. The van der Waals surface area contributed by atoms with E-state index in [0.717, 1.165) is 5.56 Å². The van der Waals surface area contributed by atoms with Gasteiger partial charge in [-0.25, -0.2) is 13.6 Å². The summed E-state index contributed by atoms with van der Waals surface area (Å²) < 4.78 is 22.3. The number of primary sulfonamides is 1. The lowest BCUT2D eigenvalue weighted by molar-refractivity contribution is -0.126. The van der Waals surface area contributed by atoms with Crippen molar-refractivity contribution in [2.24, 2.45) is 5.14 Å². The van der Waals surface area contributed by atoms with Crippen molar-refractivity contribution in [3.63, 3.8) is 0 Å². The third-order valence-corrected chi connectivity index (χ3v) is 4.40. The van der Waals surface area contributed by atoms with Gasteiger partial charge in [0.05, 0.1) is 18.0 Å². The number of carbonyl (C=O) groups excluding carboxylic acids is 2. The first-order valence-corrected chi connectivity index (χ1v) is 8.77. The highest BCUT2D eigenvalue weighted by Crippen LogP contribution is 2.08. The van der Waals surface area contributed by atoms with Crippen molar-refractivity contribution >= 4 is 21.8 Å². The molecule has 1 aliphatic rings. The Balaban J connectivity index is 1.74. The third-order valence-electron chi connectivity index (χ3n) is 3.47. The Labute approximate surface area is 135 Å². The number of piperazine rings is 1. The summed E-state index contributed by atoms with van der Waals surface area (Å²) in [5, 5.41) is 10.5. The molecular weight excluding hydrogens is 320 g/mol.